The lowest BCUT2D eigenvalue weighted by Crippen LogP contribution is -2.18. The maximum atomic E-state index is 10.4. The number of carboxylic acid groups (broad SMARTS) is 1. The molecule has 0 bridgehead atoms. The first kappa shape index (κ1) is 13.0. The summed E-state index contributed by atoms with van der Waals surface area (Å²) in [5.41, 5.74) is 3.11. The summed E-state index contributed by atoms with van der Waals surface area (Å²) in [6.45, 7) is 7.43. The monoisotopic (exact) mass is 227 g/mol. The summed E-state index contributed by atoms with van der Waals surface area (Å²) in [5.74, 6) is -1.19. The van der Waals surface area contributed by atoms with Crippen LogP contribution in [0.2, 0.25) is 0 Å². The minimum absolute atomic E-state index is 0.705. The zero-order valence-corrected chi connectivity index (χ0v) is 9.69. The van der Waals surface area contributed by atoms with Crippen LogP contribution < -0.4 is 5.11 Å². The molecule has 0 N–H and O–H groups in total. The van der Waals surface area contributed by atoms with E-state index < -0.39 is 5.97 Å². The van der Waals surface area contributed by atoms with Crippen LogP contribution in [0.25, 0.3) is 6.08 Å². The third kappa shape index (κ3) is 3.76. The van der Waals surface area contributed by atoms with Gasteiger partial charge in [-0.15, -0.1) is 13.2 Å². The molecule has 2 heteroatoms. The fourth-order valence-electron chi connectivity index (χ4n) is 1.71. The molecule has 0 heterocycles. The van der Waals surface area contributed by atoms with Gasteiger partial charge in [-0.2, -0.15) is 0 Å². The molecular formula is C15H15O2-. The van der Waals surface area contributed by atoms with Crippen molar-refractivity contribution in [3.8, 4) is 0 Å². The SMILES string of the molecule is C=CCc1cccc(/C=C/C(=O)[O-])c1CC=C. The zero-order valence-electron chi connectivity index (χ0n) is 9.69. The smallest absolute Gasteiger partial charge is 0.0643 e. The summed E-state index contributed by atoms with van der Waals surface area (Å²) >= 11 is 0. The van der Waals surface area contributed by atoms with Crippen molar-refractivity contribution in [1.29, 1.82) is 0 Å². The van der Waals surface area contributed by atoms with Crippen LogP contribution in [-0.4, -0.2) is 5.97 Å². The van der Waals surface area contributed by atoms with Gasteiger partial charge in [0.2, 0.25) is 0 Å². The molecule has 0 amide bonds. The van der Waals surface area contributed by atoms with Crippen molar-refractivity contribution in [3.05, 3.63) is 66.3 Å². The highest BCUT2D eigenvalue weighted by Crippen LogP contribution is 2.18. The minimum Gasteiger partial charge on any atom is -0.545 e. The average molecular weight is 227 g/mol. The van der Waals surface area contributed by atoms with Crippen molar-refractivity contribution in [2.45, 2.75) is 12.8 Å². The van der Waals surface area contributed by atoms with E-state index in [2.05, 4.69) is 13.2 Å². The largest absolute Gasteiger partial charge is 0.545 e. The second kappa shape index (κ2) is 6.48. The van der Waals surface area contributed by atoms with Crippen LogP contribution in [-0.2, 0) is 17.6 Å². The molecule has 1 aromatic carbocycles. The summed E-state index contributed by atoms with van der Waals surface area (Å²) < 4.78 is 0. The molecule has 0 aliphatic carbocycles. The Labute approximate surface area is 102 Å². The van der Waals surface area contributed by atoms with Crippen molar-refractivity contribution in [3.63, 3.8) is 0 Å². The van der Waals surface area contributed by atoms with E-state index in [1.807, 2.05) is 24.3 Å². The first-order valence-electron chi connectivity index (χ1n) is 5.40. The van der Waals surface area contributed by atoms with E-state index >= 15 is 0 Å². The van der Waals surface area contributed by atoms with E-state index in [0.717, 1.165) is 29.2 Å². The molecular weight excluding hydrogens is 212 g/mol. The van der Waals surface area contributed by atoms with E-state index in [4.69, 9.17) is 0 Å². The van der Waals surface area contributed by atoms with Gasteiger partial charge in [-0.25, -0.2) is 0 Å². The minimum atomic E-state index is -1.19. The Morgan fingerprint density at radius 3 is 2.53 bits per heavy atom. The molecule has 1 aromatic rings. The molecule has 0 aliphatic rings. The van der Waals surface area contributed by atoms with Gasteiger partial charge in [-0.1, -0.05) is 36.4 Å². The lowest BCUT2D eigenvalue weighted by atomic mass is 9.96. The molecule has 0 saturated heterocycles. The number of carboxylic acids is 1. The summed E-state index contributed by atoms with van der Waals surface area (Å²) in [6, 6.07) is 5.79. The Hall–Kier alpha value is -2.09. The van der Waals surface area contributed by atoms with Crippen LogP contribution in [0, 0.1) is 0 Å². The Balaban J connectivity index is 3.18. The van der Waals surface area contributed by atoms with Gasteiger partial charge in [-0.05, 0) is 35.6 Å². The van der Waals surface area contributed by atoms with Gasteiger partial charge in [0, 0.05) is 0 Å². The maximum absolute atomic E-state index is 10.4. The lowest BCUT2D eigenvalue weighted by molar-refractivity contribution is -0.297. The quantitative estimate of drug-likeness (QED) is 0.550. The van der Waals surface area contributed by atoms with Crippen molar-refractivity contribution in [2.75, 3.05) is 0 Å². The van der Waals surface area contributed by atoms with Crippen molar-refractivity contribution in [1.82, 2.24) is 0 Å². The highest BCUT2D eigenvalue weighted by atomic mass is 16.4. The molecule has 0 unspecified atom stereocenters. The predicted molar refractivity (Wildman–Crippen MR) is 68.3 cm³/mol. The first-order chi connectivity index (χ1) is 8.19. The standard InChI is InChI=1S/C15H16O2/c1-3-6-12-8-5-9-13(10-11-15(16)17)14(12)7-4-2/h3-5,8-11H,1-2,6-7H2,(H,16,17)/p-1/b11-10+. The second-order valence-electron chi connectivity index (χ2n) is 3.62. The molecule has 0 aromatic heterocycles. The second-order valence-corrected chi connectivity index (χ2v) is 3.62. The molecule has 0 atom stereocenters. The Morgan fingerprint density at radius 2 is 1.94 bits per heavy atom. The number of hydrogen-bond donors (Lipinski definition) is 0. The van der Waals surface area contributed by atoms with Gasteiger partial charge in [0.15, 0.2) is 0 Å². The van der Waals surface area contributed by atoms with Gasteiger partial charge in [0.05, 0.1) is 5.97 Å². The van der Waals surface area contributed by atoms with Gasteiger partial charge in [-0.3, -0.25) is 0 Å². The summed E-state index contributed by atoms with van der Waals surface area (Å²) in [7, 11) is 0. The third-order valence-corrected chi connectivity index (χ3v) is 2.42. The fraction of sp³-hybridized carbons (Fsp3) is 0.133. The van der Waals surface area contributed by atoms with E-state index in [9.17, 15) is 9.90 Å². The van der Waals surface area contributed by atoms with Gasteiger partial charge in [0.25, 0.3) is 0 Å². The number of allylic oxidation sites excluding steroid dienone is 2. The fourth-order valence-corrected chi connectivity index (χ4v) is 1.71. The Kier molecular flexibility index (Phi) is 4.95. The van der Waals surface area contributed by atoms with Crippen LogP contribution in [0.15, 0.2) is 49.6 Å². The van der Waals surface area contributed by atoms with Gasteiger partial charge in [0.1, 0.15) is 0 Å². The number of benzene rings is 1. The highest BCUT2D eigenvalue weighted by Gasteiger charge is 2.03. The van der Waals surface area contributed by atoms with E-state index in [1.165, 1.54) is 0 Å². The molecule has 17 heavy (non-hydrogen) atoms. The molecule has 88 valence electrons. The zero-order chi connectivity index (χ0) is 12.7. The van der Waals surface area contributed by atoms with Crippen molar-refractivity contribution < 1.29 is 9.90 Å². The maximum Gasteiger partial charge on any atom is 0.0643 e. The van der Waals surface area contributed by atoms with Crippen LogP contribution in [0.5, 0.6) is 0 Å². The average Bonchev–Trinajstić information content (AvgIpc) is 2.30. The van der Waals surface area contributed by atoms with E-state index in [-0.39, 0.29) is 0 Å². The van der Waals surface area contributed by atoms with Crippen molar-refractivity contribution in [2.24, 2.45) is 0 Å². The van der Waals surface area contributed by atoms with Crippen LogP contribution in [0.1, 0.15) is 16.7 Å². The van der Waals surface area contributed by atoms with Gasteiger partial charge >= 0.3 is 0 Å². The van der Waals surface area contributed by atoms with Crippen LogP contribution in [0.3, 0.4) is 0 Å². The molecule has 0 spiro atoms. The molecule has 2 nitrogen and oxygen atoms in total. The molecule has 0 fully saturated rings. The topological polar surface area (TPSA) is 40.1 Å². The molecule has 0 aliphatic heterocycles. The first-order valence-corrected chi connectivity index (χ1v) is 5.40. The number of rotatable bonds is 6. The van der Waals surface area contributed by atoms with Crippen molar-refractivity contribution >= 4 is 12.0 Å². The van der Waals surface area contributed by atoms with Crippen LogP contribution >= 0.6 is 0 Å². The van der Waals surface area contributed by atoms with E-state index in [1.54, 1.807) is 12.2 Å². The van der Waals surface area contributed by atoms with Gasteiger partial charge < -0.3 is 9.90 Å². The van der Waals surface area contributed by atoms with E-state index in [0.29, 0.717) is 6.42 Å². The number of hydrogen-bond acceptors (Lipinski definition) is 2. The number of carbonyl (C=O) groups excluding carboxylic acids is 1. The summed E-state index contributed by atoms with van der Waals surface area (Å²) in [5, 5.41) is 10.4. The number of carbonyl (C=O) groups is 1. The third-order valence-electron chi connectivity index (χ3n) is 2.42. The summed E-state index contributed by atoms with van der Waals surface area (Å²) in [4.78, 5) is 10.4. The number of aliphatic carboxylic acids is 1. The molecule has 0 saturated carbocycles. The Morgan fingerprint density at radius 1 is 1.24 bits per heavy atom. The van der Waals surface area contributed by atoms with Crippen LogP contribution in [0.4, 0.5) is 0 Å². The lowest BCUT2D eigenvalue weighted by Gasteiger charge is -2.10. The normalized spacial score (nSPS) is 10.4. The molecule has 0 radical (unpaired) electrons. The Bertz CT molecular complexity index is 456. The highest BCUT2D eigenvalue weighted by molar-refractivity contribution is 5.84. The summed E-state index contributed by atoms with van der Waals surface area (Å²) in [6.07, 6.45) is 7.69. The predicted octanol–water partition coefficient (Wildman–Crippen LogP) is 1.91. The molecule has 1 rings (SSSR count).